The first-order valence-electron chi connectivity index (χ1n) is 6.88. The molecule has 2 aliphatic heterocycles. The number of nitrogens with one attached hydrogen (secondary N) is 1. The van der Waals surface area contributed by atoms with Crippen molar-refractivity contribution < 1.29 is 9.53 Å². The number of amides is 1. The van der Waals surface area contributed by atoms with Crippen molar-refractivity contribution in [3.05, 3.63) is 28.8 Å². The average molecular weight is 296 g/mol. The van der Waals surface area contributed by atoms with Gasteiger partial charge in [-0.1, -0.05) is 11.6 Å². The van der Waals surface area contributed by atoms with Gasteiger partial charge in [0.1, 0.15) is 5.75 Å². The second-order valence-electron chi connectivity index (χ2n) is 5.36. The Kier molecular flexibility index (Phi) is 3.83. The van der Waals surface area contributed by atoms with E-state index in [-0.39, 0.29) is 11.9 Å². The van der Waals surface area contributed by atoms with Gasteiger partial charge >= 0.3 is 0 Å². The van der Waals surface area contributed by atoms with E-state index < -0.39 is 6.10 Å². The maximum atomic E-state index is 12.2. The third kappa shape index (κ3) is 2.90. The molecule has 0 saturated carbocycles. The second-order valence-corrected chi connectivity index (χ2v) is 5.80. The predicted octanol–water partition coefficient (Wildman–Crippen LogP) is 1.10. The highest BCUT2D eigenvalue weighted by atomic mass is 35.5. The van der Waals surface area contributed by atoms with Crippen molar-refractivity contribution in [2.75, 3.05) is 13.1 Å². The largest absolute Gasteiger partial charge is 0.480 e. The van der Waals surface area contributed by atoms with Gasteiger partial charge in [-0.15, -0.1) is 0 Å². The molecule has 0 spiro atoms. The van der Waals surface area contributed by atoms with Gasteiger partial charge in [0.15, 0.2) is 6.10 Å². The number of nitrogens with two attached hydrogens (primary N) is 1. The van der Waals surface area contributed by atoms with E-state index >= 15 is 0 Å². The number of hydrogen-bond donors (Lipinski definition) is 2. The Morgan fingerprint density at radius 1 is 1.40 bits per heavy atom. The van der Waals surface area contributed by atoms with Crippen LogP contribution in [0.25, 0.3) is 0 Å². The van der Waals surface area contributed by atoms with Crippen molar-refractivity contribution in [1.82, 2.24) is 10.4 Å². The lowest BCUT2D eigenvalue weighted by Gasteiger charge is -2.30. The summed E-state index contributed by atoms with van der Waals surface area (Å²) in [5.41, 5.74) is 9.74. The highest BCUT2D eigenvalue weighted by Gasteiger charge is 2.30. The number of rotatable bonds is 2. The number of halogens is 1. The van der Waals surface area contributed by atoms with Crippen molar-refractivity contribution >= 4 is 17.5 Å². The fourth-order valence-corrected chi connectivity index (χ4v) is 2.80. The number of nitrogens with zero attached hydrogens (tertiary/aromatic N) is 1. The van der Waals surface area contributed by atoms with Crippen LogP contribution in [0.3, 0.4) is 0 Å². The van der Waals surface area contributed by atoms with Crippen LogP contribution in [-0.2, 0) is 11.2 Å². The quantitative estimate of drug-likeness (QED) is 0.857. The zero-order chi connectivity index (χ0) is 14.1. The molecule has 3 N–H and O–H groups in total. The molecule has 2 aliphatic rings. The van der Waals surface area contributed by atoms with Crippen LogP contribution in [0.15, 0.2) is 18.2 Å². The summed E-state index contributed by atoms with van der Waals surface area (Å²) in [6.07, 6.45) is 1.90. The molecule has 1 aromatic carbocycles. The van der Waals surface area contributed by atoms with Gasteiger partial charge in [-0.05, 0) is 36.6 Å². The van der Waals surface area contributed by atoms with Gasteiger partial charge < -0.3 is 10.5 Å². The van der Waals surface area contributed by atoms with Gasteiger partial charge in [0.05, 0.1) is 0 Å². The number of carbonyl (C=O) groups excluding carboxylic acids is 1. The molecule has 0 bridgehead atoms. The SMILES string of the molecule is NC1CCN(NC(=O)C2Cc3cc(Cl)ccc3O2)CC1. The molecule has 1 atom stereocenters. The van der Waals surface area contributed by atoms with Gasteiger partial charge in [-0.25, -0.2) is 5.01 Å². The molecule has 1 saturated heterocycles. The highest BCUT2D eigenvalue weighted by Crippen LogP contribution is 2.31. The third-order valence-corrected chi connectivity index (χ3v) is 4.03. The van der Waals surface area contributed by atoms with Gasteiger partial charge in [0, 0.05) is 30.6 Å². The van der Waals surface area contributed by atoms with E-state index in [0.717, 1.165) is 37.2 Å². The summed E-state index contributed by atoms with van der Waals surface area (Å²) in [4.78, 5) is 12.2. The second kappa shape index (κ2) is 5.60. The first-order valence-corrected chi connectivity index (χ1v) is 7.26. The van der Waals surface area contributed by atoms with Crippen LogP contribution in [0.1, 0.15) is 18.4 Å². The lowest BCUT2D eigenvalue weighted by atomic mass is 10.1. The number of carbonyl (C=O) groups is 1. The summed E-state index contributed by atoms with van der Waals surface area (Å²) in [7, 11) is 0. The van der Waals surface area contributed by atoms with Crippen molar-refractivity contribution in [1.29, 1.82) is 0 Å². The van der Waals surface area contributed by atoms with Crippen molar-refractivity contribution in [3.63, 3.8) is 0 Å². The summed E-state index contributed by atoms with van der Waals surface area (Å²) in [5.74, 6) is 0.642. The summed E-state index contributed by atoms with van der Waals surface area (Å²) in [5, 5.41) is 2.59. The molecule has 0 radical (unpaired) electrons. The van der Waals surface area contributed by atoms with E-state index in [4.69, 9.17) is 22.1 Å². The van der Waals surface area contributed by atoms with Gasteiger partial charge in [0.25, 0.3) is 5.91 Å². The normalized spacial score (nSPS) is 23.2. The molecule has 2 heterocycles. The number of ether oxygens (including phenoxy) is 1. The number of benzene rings is 1. The van der Waals surface area contributed by atoms with Crippen LogP contribution in [0.5, 0.6) is 5.75 Å². The zero-order valence-electron chi connectivity index (χ0n) is 11.1. The Balaban J connectivity index is 1.57. The molecule has 1 amide bonds. The van der Waals surface area contributed by atoms with E-state index in [0.29, 0.717) is 11.4 Å². The summed E-state index contributed by atoms with van der Waals surface area (Å²) in [6.45, 7) is 1.58. The molecule has 6 heteroatoms. The van der Waals surface area contributed by atoms with Crippen molar-refractivity contribution in [3.8, 4) is 5.75 Å². The molecular formula is C14H18ClN3O2. The molecule has 108 valence electrons. The van der Waals surface area contributed by atoms with Crippen LogP contribution < -0.4 is 15.9 Å². The predicted molar refractivity (Wildman–Crippen MR) is 76.5 cm³/mol. The van der Waals surface area contributed by atoms with Gasteiger partial charge in [-0.3, -0.25) is 10.2 Å². The van der Waals surface area contributed by atoms with E-state index in [1.807, 2.05) is 17.1 Å². The standard InChI is InChI=1S/C14H18ClN3O2/c15-10-1-2-12-9(7-10)8-13(20-12)14(19)17-18-5-3-11(16)4-6-18/h1-2,7,11,13H,3-6,8,16H2,(H,17,19). The minimum absolute atomic E-state index is 0.104. The summed E-state index contributed by atoms with van der Waals surface area (Å²) >= 11 is 5.94. The van der Waals surface area contributed by atoms with Crippen LogP contribution in [0, 0.1) is 0 Å². The van der Waals surface area contributed by atoms with Gasteiger partial charge in [0.2, 0.25) is 0 Å². The Hall–Kier alpha value is -1.30. The minimum atomic E-state index is -0.473. The first kappa shape index (κ1) is 13.7. The van der Waals surface area contributed by atoms with E-state index in [9.17, 15) is 4.79 Å². The van der Waals surface area contributed by atoms with Crippen LogP contribution in [0.4, 0.5) is 0 Å². The van der Waals surface area contributed by atoms with E-state index in [1.165, 1.54) is 0 Å². The number of fused-ring (bicyclic) bond motifs is 1. The number of hydrazine groups is 1. The summed E-state index contributed by atoms with van der Waals surface area (Å²) in [6, 6.07) is 5.68. The van der Waals surface area contributed by atoms with Crippen LogP contribution >= 0.6 is 11.6 Å². The van der Waals surface area contributed by atoms with Crippen LogP contribution in [0.2, 0.25) is 5.02 Å². The topological polar surface area (TPSA) is 67.6 Å². The third-order valence-electron chi connectivity index (χ3n) is 3.80. The van der Waals surface area contributed by atoms with E-state index in [2.05, 4.69) is 5.43 Å². The number of piperidine rings is 1. The summed E-state index contributed by atoms with van der Waals surface area (Å²) < 4.78 is 5.66. The molecule has 0 aliphatic carbocycles. The highest BCUT2D eigenvalue weighted by molar-refractivity contribution is 6.30. The van der Waals surface area contributed by atoms with Crippen molar-refractivity contribution in [2.24, 2.45) is 5.73 Å². The maximum Gasteiger partial charge on any atom is 0.275 e. The first-order chi connectivity index (χ1) is 9.61. The lowest BCUT2D eigenvalue weighted by molar-refractivity contribution is -0.132. The van der Waals surface area contributed by atoms with Crippen LogP contribution in [-0.4, -0.2) is 36.2 Å². The van der Waals surface area contributed by atoms with Gasteiger partial charge in [-0.2, -0.15) is 0 Å². The smallest absolute Gasteiger partial charge is 0.275 e. The Morgan fingerprint density at radius 2 is 2.15 bits per heavy atom. The molecule has 5 nitrogen and oxygen atoms in total. The molecule has 0 aromatic heterocycles. The average Bonchev–Trinajstić information content (AvgIpc) is 2.84. The fourth-order valence-electron chi connectivity index (χ4n) is 2.60. The lowest BCUT2D eigenvalue weighted by Crippen LogP contribution is -2.52. The maximum absolute atomic E-state index is 12.2. The number of hydrogen-bond acceptors (Lipinski definition) is 4. The molecule has 1 aromatic rings. The molecule has 1 unspecified atom stereocenters. The Morgan fingerprint density at radius 3 is 2.90 bits per heavy atom. The Labute approximate surface area is 123 Å². The Bertz CT molecular complexity index is 515. The molecule has 3 rings (SSSR count). The minimum Gasteiger partial charge on any atom is -0.480 e. The molecule has 1 fully saturated rings. The molecular weight excluding hydrogens is 278 g/mol. The van der Waals surface area contributed by atoms with Crippen molar-refractivity contribution in [2.45, 2.75) is 31.4 Å². The fraction of sp³-hybridized carbons (Fsp3) is 0.500. The zero-order valence-corrected chi connectivity index (χ0v) is 11.9. The monoisotopic (exact) mass is 295 g/mol. The molecule has 20 heavy (non-hydrogen) atoms. The van der Waals surface area contributed by atoms with E-state index in [1.54, 1.807) is 6.07 Å².